The molecule has 1 unspecified atom stereocenters. The van der Waals surface area contributed by atoms with Crippen molar-refractivity contribution in [1.82, 2.24) is 4.98 Å². The van der Waals surface area contributed by atoms with Crippen LogP contribution in [0.3, 0.4) is 0 Å². The number of hydrogen-bond donors (Lipinski definition) is 0. The second-order valence-corrected chi connectivity index (χ2v) is 6.59. The quantitative estimate of drug-likeness (QED) is 0.417. The maximum absolute atomic E-state index is 11.3. The van der Waals surface area contributed by atoms with Crippen LogP contribution in [-0.4, -0.2) is 31.3 Å². The van der Waals surface area contributed by atoms with Crippen molar-refractivity contribution in [3.63, 3.8) is 0 Å². The summed E-state index contributed by atoms with van der Waals surface area (Å²) in [6, 6.07) is 3.56. The molecule has 0 bridgehead atoms. The van der Waals surface area contributed by atoms with Crippen LogP contribution in [0.15, 0.2) is 24.5 Å². The fourth-order valence-corrected chi connectivity index (χ4v) is 2.41. The highest BCUT2D eigenvalue weighted by Crippen LogP contribution is 2.24. The standard InChI is InChI=1S/C13H19NO4S2/c1-11(19)17-9-4-3-7-13(18-20(2,15)16)12-6-5-8-14-10-12/h5-6,8,10,13H,3-4,7,9H2,1-2H3. The first-order chi connectivity index (χ1) is 9.38. The Labute approximate surface area is 125 Å². The summed E-state index contributed by atoms with van der Waals surface area (Å²) >= 11 is 4.81. The van der Waals surface area contributed by atoms with Crippen LogP contribution in [0, 0.1) is 0 Å². The third kappa shape index (κ3) is 7.52. The zero-order valence-electron chi connectivity index (χ0n) is 11.6. The van der Waals surface area contributed by atoms with E-state index in [2.05, 4.69) is 4.98 Å². The summed E-state index contributed by atoms with van der Waals surface area (Å²) in [4.78, 5) is 3.99. The molecule has 0 aliphatic heterocycles. The van der Waals surface area contributed by atoms with Gasteiger partial charge in [0.05, 0.1) is 12.9 Å². The second kappa shape index (κ2) is 8.28. The number of thiocarbonyl (C=S) groups is 1. The van der Waals surface area contributed by atoms with E-state index in [-0.39, 0.29) is 0 Å². The fourth-order valence-electron chi connectivity index (χ4n) is 1.70. The second-order valence-electron chi connectivity index (χ2n) is 4.41. The Balaban J connectivity index is 2.54. The number of ether oxygens (including phenoxy) is 1. The summed E-state index contributed by atoms with van der Waals surface area (Å²) < 4.78 is 32.9. The van der Waals surface area contributed by atoms with Crippen LogP contribution >= 0.6 is 12.2 Å². The van der Waals surface area contributed by atoms with Crippen LogP contribution < -0.4 is 0 Å². The molecule has 0 aliphatic rings. The van der Waals surface area contributed by atoms with Crippen molar-refractivity contribution in [3.8, 4) is 0 Å². The summed E-state index contributed by atoms with van der Waals surface area (Å²) in [5, 5.41) is 0.515. The van der Waals surface area contributed by atoms with Crippen molar-refractivity contribution in [2.24, 2.45) is 0 Å². The zero-order valence-corrected chi connectivity index (χ0v) is 13.2. The topological polar surface area (TPSA) is 65.5 Å². The molecule has 0 spiro atoms. The molecule has 0 saturated heterocycles. The summed E-state index contributed by atoms with van der Waals surface area (Å²) in [6.07, 6.45) is 5.94. The normalized spacial score (nSPS) is 12.9. The van der Waals surface area contributed by atoms with E-state index >= 15 is 0 Å². The number of aromatic nitrogens is 1. The first kappa shape index (κ1) is 17.0. The van der Waals surface area contributed by atoms with E-state index < -0.39 is 16.2 Å². The molecule has 1 rings (SSSR count). The van der Waals surface area contributed by atoms with Crippen LogP contribution in [-0.2, 0) is 19.0 Å². The van der Waals surface area contributed by atoms with Crippen molar-refractivity contribution in [2.75, 3.05) is 12.9 Å². The largest absolute Gasteiger partial charge is 0.487 e. The average Bonchev–Trinajstić information content (AvgIpc) is 2.36. The number of rotatable bonds is 8. The number of hydrogen-bond acceptors (Lipinski definition) is 6. The van der Waals surface area contributed by atoms with Gasteiger partial charge in [0.25, 0.3) is 10.1 Å². The van der Waals surface area contributed by atoms with Crippen LogP contribution in [0.2, 0.25) is 0 Å². The van der Waals surface area contributed by atoms with Gasteiger partial charge in [-0.2, -0.15) is 8.42 Å². The molecule has 0 fully saturated rings. The van der Waals surface area contributed by atoms with E-state index in [0.717, 1.165) is 24.7 Å². The lowest BCUT2D eigenvalue weighted by Crippen LogP contribution is -2.11. The molecule has 1 heterocycles. The predicted octanol–water partition coefficient (Wildman–Crippen LogP) is 2.63. The fraction of sp³-hybridized carbons (Fsp3) is 0.538. The molecule has 5 nitrogen and oxygen atoms in total. The number of unbranched alkanes of at least 4 members (excludes halogenated alkanes) is 1. The highest BCUT2D eigenvalue weighted by Gasteiger charge is 2.17. The van der Waals surface area contributed by atoms with Gasteiger partial charge in [0.1, 0.15) is 6.10 Å². The van der Waals surface area contributed by atoms with Gasteiger partial charge in [-0.3, -0.25) is 9.17 Å². The van der Waals surface area contributed by atoms with E-state index in [0.29, 0.717) is 18.1 Å². The molecule has 0 radical (unpaired) electrons. The molecule has 0 aromatic carbocycles. The average molecular weight is 317 g/mol. The Hall–Kier alpha value is -1.05. The summed E-state index contributed by atoms with van der Waals surface area (Å²) in [5.41, 5.74) is 0.754. The SMILES string of the molecule is CC(=S)OCCCCC(OS(C)(=O)=O)c1cccnc1. The van der Waals surface area contributed by atoms with Gasteiger partial charge in [-0.1, -0.05) is 6.07 Å². The number of pyridine rings is 1. The molecule has 1 aromatic heterocycles. The van der Waals surface area contributed by atoms with Gasteiger partial charge in [0.2, 0.25) is 0 Å². The minimum atomic E-state index is -3.51. The Kier molecular flexibility index (Phi) is 7.04. The first-order valence-corrected chi connectivity index (χ1v) is 8.52. The van der Waals surface area contributed by atoms with Gasteiger partial charge in [-0.05, 0) is 37.5 Å². The van der Waals surface area contributed by atoms with Crippen LogP contribution in [0.4, 0.5) is 0 Å². The molecule has 20 heavy (non-hydrogen) atoms. The Bertz CT molecular complexity index is 516. The smallest absolute Gasteiger partial charge is 0.264 e. The summed E-state index contributed by atoms with van der Waals surface area (Å²) in [6.45, 7) is 2.26. The molecule has 0 amide bonds. The molecular weight excluding hydrogens is 298 g/mol. The van der Waals surface area contributed by atoms with E-state index in [4.69, 9.17) is 21.1 Å². The van der Waals surface area contributed by atoms with Gasteiger partial charge < -0.3 is 4.74 Å². The minimum Gasteiger partial charge on any atom is -0.487 e. The van der Waals surface area contributed by atoms with Gasteiger partial charge in [0, 0.05) is 24.9 Å². The number of nitrogens with zero attached hydrogens (tertiary/aromatic N) is 1. The molecule has 0 N–H and O–H groups in total. The first-order valence-electron chi connectivity index (χ1n) is 6.30. The van der Waals surface area contributed by atoms with Gasteiger partial charge in [-0.15, -0.1) is 0 Å². The van der Waals surface area contributed by atoms with Gasteiger partial charge in [-0.25, -0.2) is 0 Å². The lowest BCUT2D eigenvalue weighted by Gasteiger charge is -2.16. The Morgan fingerprint density at radius 1 is 1.45 bits per heavy atom. The maximum Gasteiger partial charge on any atom is 0.264 e. The molecule has 0 aliphatic carbocycles. The molecule has 1 aromatic rings. The highest BCUT2D eigenvalue weighted by atomic mass is 32.2. The molecule has 7 heteroatoms. The minimum absolute atomic E-state index is 0.507. The van der Waals surface area contributed by atoms with Crippen LogP contribution in [0.25, 0.3) is 0 Å². The van der Waals surface area contributed by atoms with E-state index in [1.807, 2.05) is 0 Å². The molecule has 0 saturated carbocycles. The maximum atomic E-state index is 11.3. The van der Waals surface area contributed by atoms with E-state index in [1.165, 1.54) is 0 Å². The van der Waals surface area contributed by atoms with Crippen molar-refractivity contribution < 1.29 is 17.3 Å². The van der Waals surface area contributed by atoms with Crippen molar-refractivity contribution in [2.45, 2.75) is 32.3 Å². The van der Waals surface area contributed by atoms with Crippen molar-refractivity contribution in [3.05, 3.63) is 30.1 Å². The molecule has 1 atom stereocenters. The highest BCUT2D eigenvalue weighted by molar-refractivity contribution is 7.86. The van der Waals surface area contributed by atoms with Crippen LogP contribution in [0.1, 0.15) is 37.9 Å². The van der Waals surface area contributed by atoms with Gasteiger partial charge in [0.15, 0.2) is 5.05 Å². The molecule has 112 valence electrons. The zero-order chi connectivity index (χ0) is 15.0. The summed E-state index contributed by atoms with van der Waals surface area (Å²) in [5.74, 6) is 0. The van der Waals surface area contributed by atoms with Crippen molar-refractivity contribution >= 4 is 27.4 Å². The summed E-state index contributed by atoms with van der Waals surface area (Å²) in [7, 11) is -3.51. The lowest BCUT2D eigenvalue weighted by molar-refractivity contribution is 0.195. The van der Waals surface area contributed by atoms with E-state index in [9.17, 15) is 8.42 Å². The predicted molar refractivity (Wildman–Crippen MR) is 81.0 cm³/mol. The third-order valence-corrected chi connectivity index (χ3v) is 3.21. The van der Waals surface area contributed by atoms with Crippen molar-refractivity contribution in [1.29, 1.82) is 0 Å². The third-order valence-electron chi connectivity index (χ3n) is 2.51. The molecular formula is C13H19NO4S2. The Morgan fingerprint density at radius 2 is 2.20 bits per heavy atom. The monoisotopic (exact) mass is 317 g/mol. The van der Waals surface area contributed by atoms with E-state index in [1.54, 1.807) is 31.5 Å². The lowest BCUT2D eigenvalue weighted by atomic mass is 10.1. The van der Waals surface area contributed by atoms with Gasteiger partial charge >= 0.3 is 0 Å². The Morgan fingerprint density at radius 3 is 2.75 bits per heavy atom. The van der Waals surface area contributed by atoms with Crippen LogP contribution in [0.5, 0.6) is 0 Å².